The lowest BCUT2D eigenvalue weighted by Gasteiger charge is -2.22. The highest BCUT2D eigenvalue weighted by molar-refractivity contribution is 7.53. The van der Waals surface area contributed by atoms with Gasteiger partial charge in [0.15, 0.2) is 17.0 Å². The van der Waals surface area contributed by atoms with Gasteiger partial charge >= 0.3 is 7.60 Å². The maximum absolute atomic E-state index is 12.9. The van der Waals surface area contributed by atoms with E-state index in [9.17, 15) is 4.57 Å². The van der Waals surface area contributed by atoms with Gasteiger partial charge in [0.05, 0.1) is 25.1 Å². The molecule has 3 aromatic rings. The van der Waals surface area contributed by atoms with Crippen molar-refractivity contribution in [2.45, 2.75) is 53.0 Å². The molecule has 0 unspecified atom stereocenters. The summed E-state index contributed by atoms with van der Waals surface area (Å²) in [4.78, 5) is 13.1. The van der Waals surface area contributed by atoms with Crippen LogP contribution in [0.5, 0.6) is 0 Å². The first kappa shape index (κ1) is 24.1. The van der Waals surface area contributed by atoms with Crippen molar-refractivity contribution < 1.29 is 18.3 Å². The summed E-state index contributed by atoms with van der Waals surface area (Å²) >= 11 is 0. The Morgan fingerprint density at radius 2 is 1.78 bits per heavy atom. The molecule has 0 radical (unpaired) electrons. The average Bonchev–Trinajstić information content (AvgIpc) is 3.11. The molecule has 2 aromatic heterocycles. The second-order valence-electron chi connectivity index (χ2n) is 7.84. The Bertz CT molecular complexity index is 1040. The molecule has 0 spiro atoms. The van der Waals surface area contributed by atoms with Crippen LogP contribution < -0.4 is 11.1 Å². The van der Waals surface area contributed by atoms with E-state index in [1.807, 2.05) is 62.6 Å². The van der Waals surface area contributed by atoms with Crippen molar-refractivity contribution in [3.8, 4) is 0 Å². The summed E-state index contributed by atoms with van der Waals surface area (Å²) in [6.45, 7) is 8.53. The van der Waals surface area contributed by atoms with Gasteiger partial charge in [-0.05, 0) is 33.3 Å². The molecule has 2 heterocycles. The van der Waals surface area contributed by atoms with Crippen LogP contribution in [0.1, 0.15) is 33.3 Å². The van der Waals surface area contributed by atoms with Crippen LogP contribution in [0.3, 0.4) is 0 Å². The Labute approximate surface area is 188 Å². The number of hydrogen-bond acceptors (Lipinski definition) is 9. The van der Waals surface area contributed by atoms with Crippen LogP contribution >= 0.6 is 7.60 Å². The normalized spacial score (nSPS) is 12.2. The van der Waals surface area contributed by atoms with Crippen LogP contribution in [-0.2, 0) is 31.4 Å². The molecule has 0 saturated heterocycles. The number of nitrogens with two attached hydrogens (primary N) is 1. The monoisotopic (exact) mass is 462 g/mol. The number of benzene rings is 1. The Kier molecular flexibility index (Phi) is 8.20. The maximum Gasteiger partial charge on any atom is 0.356 e. The molecule has 0 aliphatic carbocycles. The van der Waals surface area contributed by atoms with Gasteiger partial charge in [-0.25, -0.2) is 4.98 Å². The molecule has 32 heavy (non-hydrogen) atoms. The van der Waals surface area contributed by atoms with E-state index in [-0.39, 0.29) is 31.1 Å². The molecule has 0 amide bonds. The molecule has 3 N–H and O–H groups in total. The summed E-state index contributed by atoms with van der Waals surface area (Å²) in [6, 6.07) is 9.97. The van der Waals surface area contributed by atoms with Crippen molar-refractivity contribution in [1.82, 2.24) is 19.5 Å². The smallest absolute Gasteiger partial charge is 0.356 e. The second-order valence-corrected chi connectivity index (χ2v) is 9.74. The van der Waals surface area contributed by atoms with Gasteiger partial charge in [0, 0.05) is 13.1 Å². The fourth-order valence-corrected chi connectivity index (χ4v) is 4.91. The number of nitrogens with zero attached hydrogens (tertiary/aromatic N) is 4. The zero-order valence-electron chi connectivity index (χ0n) is 18.9. The van der Waals surface area contributed by atoms with E-state index in [2.05, 4.69) is 20.3 Å². The number of imidazole rings is 1. The van der Waals surface area contributed by atoms with Crippen molar-refractivity contribution >= 4 is 30.5 Å². The molecule has 0 aliphatic heterocycles. The van der Waals surface area contributed by atoms with Gasteiger partial charge in [-0.2, -0.15) is 9.97 Å². The fourth-order valence-electron chi connectivity index (χ4n) is 3.10. The van der Waals surface area contributed by atoms with Crippen molar-refractivity contribution in [3.05, 3.63) is 42.2 Å². The van der Waals surface area contributed by atoms with E-state index < -0.39 is 7.60 Å². The van der Waals surface area contributed by atoms with Gasteiger partial charge < -0.3 is 29.4 Å². The molecule has 0 saturated carbocycles. The van der Waals surface area contributed by atoms with Gasteiger partial charge in [-0.15, -0.1) is 0 Å². The molecule has 0 atom stereocenters. The predicted molar refractivity (Wildman–Crippen MR) is 124 cm³/mol. The lowest BCUT2D eigenvalue weighted by Crippen LogP contribution is -2.14. The highest BCUT2D eigenvalue weighted by atomic mass is 31.2. The quantitative estimate of drug-likeness (QED) is 0.303. The fraction of sp³-hybridized carbons (Fsp3) is 0.476. The molecule has 10 nitrogen and oxygen atoms in total. The largest absolute Gasteiger partial charge is 0.368 e. The molecule has 11 heteroatoms. The van der Waals surface area contributed by atoms with Crippen molar-refractivity contribution in [2.75, 3.05) is 24.0 Å². The molecule has 1 aromatic carbocycles. The number of rotatable bonds is 12. The van der Waals surface area contributed by atoms with Crippen LogP contribution in [0.2, 0.25) is 0 Å². The van der Waals surface area contributed by atoms with E-state index >= 15 is 0 Å². The molecule has 0 bridgehead atoms. The van der Waals surface area contributed by atoms with E-state index in [1.165, 1.54) is 0 Å². The number of nitrogen functional groups attached to an aromatic ring is 1. The summed E-state index contributed by atoms with van der Waals surface area (Å²) in [6.07, 6.45) is 1.06. The van der Waals surface area contributed by atoms with Gasteiger partial charge in [-0.3, -0.25) is 4.57 Å². The molecule has 3 rings (SSSR count). The van der Waals surface area contributed by atoms with Gasteiger partial charge in [0.2, 0.25) is 5.95 Å². The molecular formula is C21H31N6O4P. The summed E-state index contributed by atoms with van der Waals surface area (Å²) in [5.41, 5.74) is 8.25. The summed E-state index contributed by atoms with van der Waals surface area (Å²) < 4.78 is 31.3. The second kappa shape index (κ2) is 10.9. The van der Waals surface area contributed by atoms with Crippen molar-refractivity contribution in [2.24, 2.45) is 0 Å². The first-order valence-electron chi connectivity index (χ1n) is 10.6. The molecular weight excluding hydrogens is 431 g/mol. The number of anilines is 2. The molecule has 174 valence electrons. The first-order chi connectivity index (χ1) is 15.3. The van der Waals surface area contributed by atoms with Gasteiger partial charge in [-0.1, -0.05) is 30.3 Å². The minimum absolute atomic E-state index is 0.128. The Morgan fingerprint density at radius 3 is 2.44 bits per heavy atom. The number of nitrogens with one attached hydrogen (secondary N) is 1. The topological polar surface area (TPSA) is 126 Å². The molecule has 0 aliphatic rings. The minimum atomic E-state index is -3.34. The summed E-state index contributed by atoms with van der Waals surface area (Å²) in [7, 11) is -3.34. The van der Waals surface area contributed by atoms with Crippen LogP contribution in [-0.4, -0.2) is 44.7 Å². The summed E-state index contributed by atoms with van der Waals surface area (Å²) in [5, 5.41) is 3.27. The van der Waals surface area contributed by atoms with Crippen LogP contribution in [0.15, 0.2) is 36.7 Å². The third-order valence-electron chi connectivity index (χ3n) is 4.25. The van der Waals surface area contributed by atoms with E-state index in [0.29, 0.717) is 30.1 Å². The Balaban J connectivity index is 1.64. The van der Waals surface area contributed by atoms with Gasteiger partial charge in [0.1, 0.15) is 6.35 Å². The van der Waals surface area contributed by atoms with Crippen LogP contribution in [0.4, 0.5) is 11.8 Å². The van der Waals surface area contributed by atoms with Crippen molar-refractivity contribution in [3.63, 3.8) is 0 Å². The Hall–Kier alpha value is -2.52. The molecule has 0 fully saturated rings. The zero-order chi connectivity index (χ0) is 23.1. The number of hydrogen-bond donors (Lipinski definition) is 2. The Morgan fingerprint density at radius 1 is 1.09 bits per heavy atom. The number of fused-ring (bicyclic) bond motifs is 1. The van der Waals surface area contributed by atoms with E-state index in [0.717, 1.165) is 5.56 Å². The van der Waals surface area contributed by atoms with E-state index in [1.54, 1.807) is 6.33 Å². The van der Waals surface area contributed by atoms with Crippen LogP contribution in [0, 0.1) is 0 Å². The van der Waals surface area contributed by atoms with Crippen LogP contribution in [0.25, 0.3) is 11.2 Å². The highest BCUT2D eigenvalue weighted by Gasteiger charge is 2.28. The lowest BCUT2D eigenvalue weighted by atomic mass is 10.2. The van der Waals surface area contributed by atoms with E-state index in [4.69, 9.17) is 19.5 Å². The summed E-state index contributed by atoms with van der Waals surface area (Å²) in [5.74, 6) is 0.715. The third kappa shape index (κ3) is 6.74. The highest BCUT2D eigenvalue weighted by Crippen LogP contribution is 2.50. The predicted octanol–water partition coefficient (Wildman–Crippen LogP) is 4.04. The SMILES string of the molecule is CC(C)OP(=O)(COCCn1cnc2c(NCc3ccccc3)nc(N)nc21)OC(C)C. The maximum atomic E-state index is 12.9. The number of ether oxygens (including phenoxy) is 1. The third-order valence-corrected chi connectivity index (χ3v) is 6.24. The standard InChI is InChI=1S/C21H31N6O4P/c1-15(2)30-32(28,31-16(3)4)14-29-11-10-27-13-24-18-19(25-21(22)26-20(18)27)23-12-17-8-6-5-7-9-17/h5-9,13,15-16H,10-12,14H2,1-4H3,(H3,22,23,25,26). The van der Waals surface area contributed by atoms with Gasteiger partial charge in [0.25, 0.3) is 0 Å². The lowest BCUT2D eigenvalue weighted by molar-refractivity contribution is 0.0961. The number of aromatic nitrogens is 4. The minimum Gasteiger partial charge on any atom is -0.368 e. The van der Waals surface area contributed by atoms with Crippen molar-refractivity contribution in [1.29, 1.82) is 0 Å². The average molecular weight is 462 g/mol. The zero-order valence-corrected chi connectivity index (χ0v) is 19.8. The first-order valence-corrected chi connectivity index (χ1v) is 12.3.